The van der Waals surface area contributed by atoms with Crippen LogP contribution in [0.3, 0.4) is 0 Å². The third kappa shape index (κ3) is 8.32. The van der Waals surface area contributed by atoms with E-state index in [-0.39, 0.29) is 25.4 Å². The molecule has 0 unspecified atom stereocenters. The van der Waals surface area contributed by atoms with Crippen LogP contribution in [0.5, 0.6) is 11.5 Å². The molecule has 0 amide bonds. The average molecular weight is 495 g/mol. The molecule has 2 rings (SSSR count). The summed E-state index contributed by atoms with van der Waals surface area (Å²) in [7, 11) is -3.39. The maximum absolute atomic E-state index is 11.6. The van der Waals surface area contributed by atoms with Gasteiger partial charge in [0.05, 0.1) is 36.1 Å². The Morgan fingerprint density at radius 3 is 2.20 bits per heavy atom. The number of sulfonamides is 1. The summed E-state index contributed by atoms with van der Waals surface area (Å²) in [6.07, 6.45) is 1.79. The summed E-state index contributed by atoms with van der Waals surface area (Å²) < 4.78 is 35.2. The fourth-order valence-electron chi connectivity index (χ4n) is 2.42. The topological polar surface area (TPSA) is 81.7 Å². The third-order valence-electron chi connectivity index (χ3n) is 3.89. The van der Waals surface area contributed by atoms with Gasteiger partial charge in [-0.15, -0.1) is 11.6 Å². The maximum Gasteiger partial charge on any atom is 0.209 e. The van der Waals surface area contributed by atoms with Crippen LogP contribution >= 0.6 is 34.8 Å². The molecule has 0 atom stereocenters. The molecule has 10 heteroatoms. The molecule has 0 aliphatic rings. The molecule has 0 fully saturated rings. The van der Waals surface area contributed by atoms with Crippen molar-refractivity contribution < 1.29 is 22.7 Å². The third-order valence-corrected chi connectivity index (χ3v) is 5.39. The SMILES string of the molecule is CS(=O)(=O)NCC(=O)CCOc1ccc(-c2cc(Cl)c(OCCCCl)c(Cl)c2)cc1. The Bertz CT molecular complexity index is 942. The summed E-state index contributed by atoms with van der Waals surface area (Å²) in [6, 6.07) is 10.8. The first kappa shape index (κ1) is 24.8. The summed E-state index contributed by atoms with van der Waals surface area (Å²) in [6.45, 7) is 0.338. The first-order valence-electron chi connectivity index (χ1n) is 9.07. The average Bonchev–Trinajstić information content (AvgIpc) is 2.68. The molecule has 2 aromatic rings. The molecule has 30 heavy (non-hydrogen) atoms. The van der Waals surface area contributed by atoms with Crippen LogP contribution < -0.4 is 14.2 Å². The van der Waals surface area contributed by atoms with Gasteiger partial charge in [-0.3, -0.25) is 4.79 Å². The van der Waals surface area contributed by atoms with Crippen LogP contribution in [0.15, 0.2) is 36.4 Å². The van der Waals surface area contributed by atoms with Crippen molar-refractivity contribution in [2.45, 2.75) is 12.8 Å². The first-order chi connectivity index (χ1) is 14.2. The van der Waals surface area contributed by atoms with Crippen molar-refractivity contribution in [1.29, 1.82) is 0 Å². The number of ketones is 1. The number of rotatable bonds is 12. The molecule has 0 radical (unpaired) electrons. The fraction of sp³-hybridized carbons (Fsp3) is 0.350. The molecular weight excluding hydrogens is 473 g/mol. The van der Waals surface area contributed by atoms with E-state index in [1.165, 1.54) is 0 Å². The summed E-state index contributed by atoms with van der Waals surface area (Å²) in [5.74, 6) is 1.26. The Kier molecular flexibility index (Phi) is 9.71. The van der Waals surface area contributed by atoms with E-state index >= 15 is 0 Å². The lowest BCUT2D eigenvalue weighted by molar-refractivity contribution is -0.118. The molecule has 0 aliphatic carbocycles. The largest absolute Gasteiger partial charge is 0.493 e. The fourth-order valence-corrected chi connectivity index (χ4v) is 3.55. The number of ether oxygens (including phenoxy) is 2. The zero-order valence-electron chi connectivity index (χ0n) is 16.3. The quantitative estimate of drug-likeness (QED) is 0.346. The standard InChI is InChI=1S/C20H22Cl3NO5S/c1-30(26,27)24-13-16(25)7-10-28-17-5-3-14(4-6-17)15-11-18(22)20(19(23)12-15)29-9-2-8-21/h3-6,11-12,24H,2,7-10,13H2,1H3. The van der Waals surface area contributed by atoms with Crippen molar-refractivity contribution in [3.05, 3.63) is 46.4 Å². The first-order valence-corrected chi connectivity index (χ1v) is 12.2. The lowest BCUT2D eigenvalue weighted by atomic mass is 10.1. The molecule has 2 aromatic carbocycles. The Morgan fingerprint density at radius 1 is 1.00 bits per heavy atom. The zero-order chi connectivity index (χ0) is 22.1. The molecule has 0 bridgehead atoms. The number of halogens is 3. The van der Waals surface area contributed by atoms with Gasteiger partial charge in [0.25, 0.3) is 0 Å². The highest BCUT2D eigenvalue weighted by molar-refractivity contribution is 7.88. The van der Waals surface area contributed by atoms with Crippen LogP contribution in [-0.2, 0) is 14.8 Å². The molecular formula is C20H22Cl3NO5S. The predicted molar refractivity (Wildman–Crippen MR) is 121 cm³/mol. The summed E-state index contributed by atoms with van der Waals surface area (Å²) in [5.41, 5.74) is 1.70. The monoisotopic (exact) mass is 493 g/mol. The number of Topliss-reactive ketones (excluding diaryl/α,β-unsaturated/α-hetero) is 1. The molecule has 0 saturated heterocycles. The molecule has 0 aliphatic heterocycles. The van der Waals surface area contributed by atoms with Crippen molar-refractivity contribution in [3.63, 3.8) is 0 Å². The number of benzene rings is 2. The molecule has 0 aromatic heterocycles. The zero-order valence-corrected chi connectivity index (χ0v) is 19.4. The van der Waals surface area contributed by atoms with E-state index in [0.717, 1.165) is 17.4 Å². The van der Waals surface area contributed by atoms with Gasteiger partial charge in [-0.05, 0) is 41.8 Å². The van der Waals surface area contributed by atoms with E-state index in [1.807, 2.05) is 12.1 Å². The van der Waals surface area contributed by atoms with E-state index in [1.54, 1.807) is 24.3 Å². The summed E-state index contributed by atoms with van der Waals surface area (Å²) in [5, 5.41) is 0.822. The van der Waals surface area contributed by atoms with Gasteiger partial charge in [0, 0.05) is 12.3 Å². The van der Waals surface area contributed by atoms with Crippen molar-refractivity contribution >= 4 is 50.6 Å². The lowest BCUT2D eigenvalue weighted by Gasteiger charge is -2.12. The van der Waals surface area contributed by atoms with E-state index in [2.05, 4.69) is 4.72 Å². The number of nitrogens with one attached hydrogen (secondary N) is 1. The molecule has 0 spiro atoms. The molecule has 164 valence electrons. The van der Waals surface area contributed by atoms with Gasteiger partial charge in [-0.25, -0.2) is 13.1 Å². The second kappa shape index (κ2) is 11.8. The van der Waals surface area contributed by atoms with E-state index in [0.29, 0.717) is 40.5 Å². The normalized spacial score (nSPS) is 11.3. The van der Waals surface area contributed by atoms with Gasteiger partial charge in [-0.1, -0.05) is 35.3 Å². The molecule has 0 heterocycles. The minimum absolute atomic E-state index is 0.0979. The predicted octanol–water partition coefficient (Wildman–Crippen LogP) is 4.56. The number of hydrogen-bond acceptors (Lipinski definition) is 5. The van der Waals surface area contributed by atoms with Crippen molar-refractivity contribution in [2.75, 3.05) is 31.9 Å². The van der Waals surface area contributed by atoms with Crippen molar-refractivity contribution in [2.24, 2.45) is 0 Å². The van der Waals surface area contributed by atoms with Crippen LogP contribution in [-0.4, -0.2) is 46.1 Å². The molecule has 6 nitrogen and oxygen atoms in total. The Labute approximate surface area is 191 Å². The number of carbonyl (C=O) groups is 1. The van der Waals surface area contributed by atoms with Gasteiger partial charge in [-0.2, -0.15) is 0 Å². The van der Waals surface area contributed by atoms with Crippen LogP contribution in [0.2, 0.25) is 10.0 Å². The van der Waals surface area contributed by atoms with Gasteiger partial charge >= 0.3 is 0 Å². The number of carbonyl (C=O) groups excluding carboxylic acids is 1. The highest BCUT2D eigenvalue weighted by atomic mass is 35.5. The maximum atomic E-state index is 11.6. The van der Waals surface area contributed by atoms with Crippen LogP contribution in [0, 0.1) is 0 Å². The molecule has 0 saturated carbocycles. The second-order valence-corrected chi connectivity index (χ2v) is 9.44. The summed E-state index contributed by atoms with van der Waals surface area (Å²) in [4.78, 5) is 11.6. The van der Waals surface area contributed by atoms with Crippen LogP contribution in [0.4, 0.5) is 0 Å². The van der Waals surface area contributed by atoms with E-state index in [4.69, 9.17) is 44.3 Å². The van der Waals surface area contributed by atoms with Crippen molar-refractivity contribution in [1.82, 2.24) is 4.72 Å². The second-order valence-electron chi connectivity index (χ2n) is 6.41. The van der Waals surface area contributed by atoms with Gasteiger partial charge in [0.2, 0.25) is 10.0 Å². The minimum Gasteiger partial charge on any atom is -0.493 e. The Morgan fingerprint density at radius 2 is 1.63 bits per heavy atom. The minimum atomic E-state index is -3.39. The molecule has 1 N–H and O–H groups in total. The van der Waals surface area contributed by atoms with E-state index in [9.17, 15) is 13.2 Å². The highest BCUT2D eigenvalue weighted by Crippen LogP contribution is 2.38. The smallest absolute Gasteiger partial charge is 0.209 e. The highest BCUT2D eigenvalue weighted by Gasteiger charge is 2.11. The van der Waals surface area contributed by atoms with Crippen molar-refractivity contribution in [3.8, 4) is 22.6 Å². The number of hydrogen-bond donors (Lipinski definition) is 1. The Balaban J connectivity index is 1.93. The lowest BCUT2D eigenvalue weighted by Crippen LogP contribution is -2.29. The summed E-state index contributed by atoms with van der Waals surface area (Å²) >= 11 is 18.3. The van der Waals surface area contributed by atoms with Crippen LogP contribution in [0.1, 0.15) is 12.8 Å². The Hall–Kier alpha value is -1.51. The van der Waals surface area contributed by atoms with Gasteiger partial charge < -0.3 is 9.47 Å². The van der Waals surface area contributed by atoms with Crippen LogP contribution in [0.25, 0.3) is 11.1 Å². The van der Waals surface area contributed by atoms with Gasteiger partial charge in [0.15, 0.2) is 11.5 Å². The number of alkyl halides is 1. The van der Waals surface area contributed by atoms with Gasteiger partial charge in [0.1, 0.15) is 5.75 Å². The van der Waals surface area contributed by atoms with E-state index < -0.39 is 10.0 Å².